The molecule has 0 saturated heterocycles. The molecule has 10 rings (SSSR count). The van der Waals surface area contributed by atoms with Crippen LogP contribution < -0.4 is 9.47 Å². The van der Waals surface area contributed by atoms with Gasteiger partial charge in [0.15, 0.2) is 0 Å². The molecule has 1 unspecified atom stereocenters. The molecule has 0 saturated carbocycles. The van der Waals surface area contributed by atoms with Gasteiger partial charge < -0.3 is 18.9 Å². The molecule has 2 bridgehead atoms. The summed E-state index contributed by atoms with van der Waals surface area (Å²) in [5.74, 6) is -0.457. The number of hydrogen-bond acceptors (Lipinski definition) is 6. The number of rotatable bonds is 11. The zero-order valence-corrected chi connectivity index (χ0v) is 30.6. The first-order valence-corrected chi connectivity index (χ1v) is 18.9. The van der Waals surface area contributed by atoms with Gasteiger partial charge in [0.05, 0.1) is 24.5 Å². The number of ether oxygens (including phenoxy) is 4. The smallest absolute Gasteiger partial charge is 0.335 e. The number of carbonyl (C=O) groups is 2. The van der Waals surface area contributed by atoms with Crippen molar-refractivity contribution in [2.75, 3.05) is 19.8 Å². The summed E-state index contributed by atoms with van der Waals surface area (Å²) in [6, 6.07) is 49.2. The van der Waals surface area contributed by atoms with E-state index < -0.39 is 22.9 Å². The number of benzene rings is 6. The first-order valence-electron chi connectivity index (χ1n) is 18.9. The molecule has 0 spiro atoms. The molecule has 6 nitrogen and oxygen atoms in total. The van der Waals surface area contributed by atoms with Gasteiger partial charge in [0.2, 0.25) is 0 Å². The van der Waals surface area contributed by atoms with Crippen LogP contribution in [0.25, 0.3) is 11.1 Å². The predicted octanol–water partition coefficient (Wildman–Crippen LogP) is 9.51. The summed E-state index contributed by atoms with van der Waals surface area (Å²) in [6.07, 6.45) is 1.73. The highest BCUT2D eigenvalue weighted by Gasteiger charge is 2.58. The first kappa shape index (κ1) is 34.7. The summed E-state index contributed by atoms with van der Waals surface area (Å²) in [4.78, 5) is 26.6. The van der Waals surface area contributed by atoms with E-state index in [-0.39, 0.29) is 11.9 Å². The van der Waals surface area contributed by atoms with Gasteiger partial charge in [0.1, 0.15) is 17.1 Å². The Morgan fingerprint density at radius 2 is 1.13 bits per heavy atom. The van der Waals surface area contributed by atoms with E-state index >= 15 is 0 Å². The standard InChI is InChI=1S/C49H40O6/c1-3-46(50)54-34-25-21-32(22-26-34)48(41-17-9-5-13-36(41)37-14-6-10-18-42(37)48)33-23-27-35(28-24-33)55-47(51)45-31-40-38-15-7-11-19-43(38)49(45,53-30-29-52-4-2)44-20-12-8-16-39(40)44/h3,5-28,40,45H,1,4,29-31H2,2H3. The minimum absolute atomic E-state index is 0.0544. The maximum atomic E-state index is 14.6. The molecule has 55 heavy (non-hydrogen) atoms. The Bertz CT molecular complexity index is 2330. The van der Waals surface area contributed by atoms with Gasteiger partial charge in [-0.15, -0.1) is 0 Å². The fourth-order valence-electron chi connectivity index (χ4n) is 9.46. The molecule has 1 atom stereocenters. The third-order valence-electron chi connectivity index (χ3n) is 11.6. The molecule has 0 radical (unpaired) electrons. The van der Waals surface area contributed by atoms with Gasteiger partial charge in [-0.2, -0.15) is 0 Å². The summed E-state index contributed by atoms with van der Waals surface area (Å²) in [5, 5.41) is 0. The third-order valence-corrected chi connectivity index (χ3v) is 11.6. The van der Waals surface area contributed by atoms with Crippen molar-refractivity contribution in [3.8, 4) is 22.6 Å². The second-order valence-corrected chi connectivity index (χ2v) is 14.2. The van der Waals surface area contributed by atoms with E-state index in [4.69, 9.17) is 18.9 Å². The second-order valence-electron chi connectivity index (χ2n) is 14.2. The first-order chi connectivity index (χ1) is 27.0. The molecular formula is C49H40O6. The molecule has 0 amide bonds. The van der Waals surface area contributed by atoms with E-state index in [0.29, 0.717) is 37.7 Å². The van der Waals surface area contributed by atoms with Crippen LogP contribution in [0.3, 0.4) is 0 Å². The Kier molecular flexibility index (Phi) is 8.80. The van der Waals surface area contributed by atoms with E-state index in [1.807, 2.05) is 55.5 Å². The average Bonchev–Trinajstić information content (AvgIpc) is 3.54. The molecule has 0 heterocycles. The Labute approximate surface area is 321 Å². The van der Waals surface area contributed by atoms with Crippen LogP contribution in [0.4, 0.5) is 0 Å². The van der Waals surface area contributed by atoms with Gasteiger partial charge in [-0.3, -0.25) is 4.79 Å². The molecule has 4 aliphatic rings. The molecule has 0 N–H and O–H groups in total. The van der Waals surface area contributed by atoms with Crippen molar-refractivity contribution in [1.29, 1.82) is 0 Å². The molecular weight excluding hydrogens is 685 g/mol. The fraction of sp³-hybridized carbons (Fsp3) is 0.184. The number of carbonyl (C=O) groups excluding carboxylic acids is 2. The van der Waals surface area contributed by atoms with Crippen molar-refractivity contribution in [2.45, 2.75) is 30.3 Å². The Hall–Kier alpha value is -6.08. The molecule has 4 aliphatic carbocycles. The van der Waals surface area contributed by atoms with Crippen LogP contribution in [0.1, 0.15) is 63.8 Å². The monoisotopic (exact) mass is 724 g/mol. The predicted molar refractivity (Wildman–Crippen MR) is 211 cm³/mol. The average molecular weight is 725 g/mol. The van der Waals surface area contributed by atoms with Crippen molar-refractivity contribution in [2.24, 2.45) is 5.92 Å². The van der Waals surface area contributed by atoms with E-state index in [2.05, 4.69) is 104 Å². The van der Waals surface area contributed by atoms with Gasteiger partial charge in [0, 0.05) is 18.6 Å². The van der Waals surface area contributed by atoms with Crippen LogP contribution in [0.5, 0.6) is 11.5 Å². The highest BCUT2D eigenvalue weighted by Crippen LogP contribution is 2.60. The molecule has 0 aliphatic heterocycles. The Balaban J connectivity index is 1.10. The summed E-state index contributed by atoms with van der Waals surface area (Å²) in [5.41, 5.74) is 9.32. The van der Waals surface area contributed by atoms with Gasteiger partial charge >= 0.3 is 11.9 Å². The van der Waals surface area contributed by atoms with Crippen molar-refractivity contribution in [3.05, 3.63) is 203 Å². The summed E-state index contributed by atoms with van der Waals surface area (Å²) < 4.78 is 24.3. The fourth-order valence-corrected chi connectivity index (χ4v) is 9.46. The lowest BCUT2D eigenvalue weighted by Gasteiger charge is -2.52. The zero-order valence-electron chi connectivity index (χ0n) is 30.6. The molecule has 0 aromatic heterocycles. The molecule has 6 aromatic carbocycles. The summed E-state index contributed by atoms with van der Waals surface area (Å²) in [7, 11) is 0. The molecule has 272 valence electrons. The quantitative estimate of drug-likeness (QED) is 0.0573. The van der Waals surface area contributed by atoms with Crippen LogP contribution in [0.2, 0.25) is 0 Å². The highest BCUT2D eigenvalue weighted by atomic mass is 16.6. The summed E-state index contributed by atoms with van der Waals surface area (Å²) in [6.45, 7) is 6.83. The van der Waals surface area contributed by atoms with Crippen molar-refractivity contribution in [1.82, 2.24) is 0 Å². The van der Waals surface area contributed by atoms with Crippen LogP contribution in [-0.4, -0.2) is 31.8 Å². The van der Waals surface area contributed by atoms with Gasteiger partial charge in [-0.05, 0) is 93.2 Å². The van der Waals surface area contributed by atoms with Crippen LogP contribution in [0, 0.1) is 5.92 Å². The van der Waals surface area contributed by atoms with Crippen molar-refractivity contribution >= 4 is 11.9 Å². The van der Waals surface area contributed by atoms with Gasteiger partial charge in [0.25, 0.3) is 0 Å². The van der Waals surface area contributed by atoms with Crippen LogP contribution >= 0.6 is 0 Å². The largest absolute Gasteiger partial charge is 0.426 e. The highest BCUT2D eigenvalue weighted by molar-refractivity contribution is 5.87. The molecule has 0 fully saturated rings. The van der Waals surface area contributed by atoms with E-state index in [0.717, 1.165) is 50.6 Å². The van der Waals surface area contributed by atoms with Crippen LogP contribution in [0.15, 0.2) is 158 Å². The minimum atomic E-state index is -1.01. The van der Waals surface area contributed by atoms with Crippen molar-refractivity contribution in [3.63, 3.8) is 0 Å². The third kappa shape index (κ3) is 5.39. The molecule has 6 aromatic rings. The summed E-state index contributed by atoms with van der Waals surface area (Å²) >= 11 is 0. The zero-order chi connectivity index (χ0) is 37.6. The van der Waals surface area contributed by atoms with E-state index in [1.165, 1.54) is 11.1 Å². The van der Waals surface area contributed by atoms with Gasteiger partial charge in [-0.25, -0.2) is 4.79 Å². The normalized spacial score (nSPS) is 19.4. The SMILES string of the molecule is C=CC(=O)Oc1ccc(C2(c3ccc(OC(=O)C4CC5c6ccccc6C4(OCCOCC)c4ccccc45)cc3)c3ccccc3-c3ccccc32)cc1. The lowest BCUT2D eigenvalue weighted by atomic mass is 9.56. The maximum Gasteiger partial charge on any atom is 0.335 e. The van der Waals surface area contributed by atoms with Crippen molar-refractivity contribution < 1.29 is 28.5 Å². The van der Waals surface area contributed by atoms with Crippen LogP contribution in [-0.2, 0) is 30.1 Å². The number of esters is 2. The lowest BCUT2D eigenvalue weighted by molar-refractivity contribution is -0.158. The lowest BCUT2D eigenvalue weighted by Crippen LogP contribution is -2.53. The van der Waals surface area contributed by atoms with E-state index in [1.54, 1.807) is 0 Å². The molecule has 6 heteroatoms. The second kappa shape index (κ2) is 14.0. The Morgan fingerprint density at radius 1 is 0.636 bits per heavy atom. The number of hydrogen-bond donors (Lipinski definition) is 0. The number of fused-ring (bicyclic) bond motifs is 4. The Morgan fingerprint density at radius 3 is 1.65 bits per heavy atom. The van der Waals surface area contributed by atoms with Gasteiger partial charge in [-0.1, -0.05) is 128 Å². The van der Waals surface area contributed by atoms with E-state index in [9.17, 15) is 9.59 Å². The maximum absolute atomic E-state index is 14.6. The minimum Gasteiger partial charge on any atom is -0.426 e. The topological polar surface area (TPSA) is 71.1 Å².